The zero-order valence-electron chi connectivity index (χ0n) is 8.43. The maximum absolute atomic E-state index is 11.2. The average Bonchev–Trinajstić information content (AvgIpc) is 2.20. The first-order valence-corrected chi connectivity index (χ1v) is 5.85. The van der Waals surface area contributed by atoms with E-state index in [0.717, 1.165) is 19.3 Å². The van der Waals surface area contributed by atoms with Crippen LogP contribution in [-0.4, -0.2) is 24.6 Å². The second-order valence-corrected chi connectivity index (χ2v) is 4.04. The molecule has 14 heavy (non-hydrogen) atoms. The molecule has 0 radical (unpaired) electrons. The standard InChI is InChI=1S/C10H18ClNO2/c11-7-4-8-14-10(13)12-9-5-2-1-3-6-9/h9H,1-8H2,(H,12,13). The minimum absolute atomic E-state index is 0.290. The molecule has 0 heterocycles. The van der Waals surface area contributed by atoms with Crippen LogP contribution in [0.15, 0.2) is 0 Å². The van der Waals surface area contributed by atoms with Gasteiger partial charge < -0.3 is 10.1 Å². The number of carbonyl (C=O) groups excluding carboxylic acids is 1. The molecule has 1 saturated carbocycles. The summed E-state index contributed by atoms with van der Waals surface area (Å²) in [5, 5.41) is 2.87. The predicted molar refractivity (Wildman–Crippen MR) is 56.7 cm³/mol. The molecule has 1 rings (SSSR count). The quantitative estimate of drug-likeness (QED) is 0.583. The van der Waals surface area contributed by atoms with Crippen LogP contribution in [0, 0.1) is 0 Å². The van der Waals surface area contributed by atoms with Crippen molar-refractivity contribution < 1.29 is 9.53 Å². The third-order valence-electron chi connectivity index (χ3n) is 2.44. The summed E-state index contributed by atoms with van der Waals surface area (Å²) in [6, 6.07) is 0.326. The van der Waals surface area contributed by atoms with Crippen LogP contribution >= 0.6 is 11.6 Å². The second-order valence-electron chi connectivity index (χ2n) is 3.66. The van der Waals surface area contributed by atoms with Crippen LogP contribution < -0.4 is 5.32 Å². The molecule has 0 aromatic rings. The topological polar surface area (TPSA) is 38.3 Å². The maximum Gasteiger partial charge on any atom is 0.407 e. The molecule has 82 valence electrons. The van der Waals surface area contributed by atoms with E-state index in [1.807, 2.05) is 0 Å². The molecule has 1 N–H and O–H groups in total. The van der Waals surface area contributed by atoms with Crippen LogP contribution in [0.4, 0.5) is 4.79 Å². The van der Waals surface area contributed by atoms with Crippen molar-refractivity contribution in [1.82, 2.24) is 5.32 Å². The first-order valence-electron chi connectivity index (χ1n) is 5.32. The van der Waals surface area contributed by atoms with Crippen molar-refractivity contribution in [3.8, 4) is 0 Å². The van der Waals surface area contributed by atoms with Crippen LogP contribution in [0.3, 0.4) is 0 Å². The largest absolute Gasteiger partial charge is 0.450 e. The van der Waals surface area contributed by atoms with Crippen molar-refractivity contribution in [3.05, 3.63) is 0 Å². The highest BCUT2D eigenvalue weighted by atomic mass is 35.5. The van der Waals surface area contributed by atoms with Gasteiger partial charge in [-0.2, -0.15) is 0 Å². The molecule has 1 aliphatic carbocycles. The number of hydrogen-bond acceptors (Lipinski definition) is 2. The van der Waals surface area contributed by atoms with Gasteiger partial charge in [-0.25, -0.2) is 4.79 Å². The average molecular weight is 220 g/mol. The Balaban J connectivity index is 2.06. The molecule has 0 atom stereocenters. The van der Waals surface area contributed by atoms with Gasteiger partial charge in [0, 0.05) is 11.9 Å². The summed E-state index contributed by atoms with van der Waals surface area (Å²) >= 11 is 5.47. The number of halogens is 1. The first kappa shape index (κ1) is 11.6. The number of amides is 1. The summed E-state index contributed by atoms with van der Waals surface area (Å²) in [5.41, 5.74) is 0. The molecular formula is C10H18ClNO2. The maximum atomic E-state index is 11.2. The fourth-order valence-corrected chi connectivity index (χ4v) is 1.78. The number of alkyl halides is 1. The van der Waals surface area contributed by atoms with Crippen molar-refractivity contribution in [2.45, 2.75) is 44.6 Å². The van der Waals surface area contributed by atoms with E-state index in [-0.39, 0.29) is 6.09 Å². The van der Waals surface area contributed by atoms with Crippen molar-refractivity contribution >= 4 is 17.7 Å². The van der Waals surface area contributed by atoms with Crippen LogP contribution in [0.25, 0.3) is 0 Å². The van der Waals surface area contributed by atoms with Crippen molar-refractivity contribution in [1.29, 1.82) is 0 Å². The van der Waals surface area contributed by atoms with Gasteiger partial charge in [-0.1, -0.05) is 19.3 Å². The fraction of sp³-hybridized carbons (Fsp3) is 0.900. The summed E-state index contributed by atoms with van der Waals surface area (Å²) < 4.78 is 4.95. The van der Waals surface area contributed by atoms with Gasteiger partial charge in [0.1, 0.15) is 0 Å². The van der Waals surface area contributed by atoms with E-state index in [9.17, 15) is 4.79 Å². The fourth-order valence-electron chi connectivity index (χ4n) is 1.67. The molecule has 4 heteroatoms. The summed E-state index contributed by atoms with van der Waals surface area (Å²) in [4.78, 5) is 11.2. The molecule has 1 fully saturated rings. The Morgan fingerprint density at radius 2 is 2.07 bits per heavy atom. The van der Waals surface area contributed by atoms with E-state index >= 15 is 0 Å². The molecule has 1 amide bonds. The number of rotatable bonds is 4. The SMILES string of the molecule is O=C(NC1CCCCC1)OCCCCl. The number of carbonyl (C=O) groups is 1. The van der Waals surface area contributed by atoms with Gasteiger partial charge in [-0.3, -0.25) is 0 Å². The van der Waals surface area contributed by atoms with E-state index in [0.29, 0.717) is 18.5 Å². The van der Waals surface area contributed by atoms with Gasteiger partial charge in [0.15, 0.2) is 0 Å². The number of ether oxygens (including phenoxy) is 1. The highest BCUT2D eigenvalue weighted by Gasteiger charge is 2.15. The molecule has 0 aromatic heterocycles. The smallest absolute Gasteiger partial charge is 0.407 e. The van der Waals surface area contributed by atoms with Crippen molar-refractivity contribution in [2.24, 2.45) is 0 Å². The lowest BCUT2D eigenvalue weighted by molar-refractivity contribution is 0.139. The third kappa shape index (κ3) is 4.70. The Hall–Kier alpha value is -0.440. The highest BCUT2D eigenvalue weighted by molar-refractivity contribution is 6.17. The molecule has 3 nitrogen and oxygen atoms in total. The van der Waals surface area contributed by atoms with E-state index < -0.39 is 0 Å². The Bertz CT molecular complexity index is 170. The summed E-state index contributed by atoms with van der Waals surface area (Å²) in [7, 11) is 0. The van der Waals surface area contributed by atoms with Crippen LogP contribution in [-0.2, 0) is 4.74 Å². The molecule has 0 bridgehead atoms. The molecule has 0 aromatic carbocycles. The van der Waals surface area contributed by atoms with Gasteiger partial charge in [0.25, 0.3) is 0 Å². The zero-order chi connectivity index (χ0) is 10.2. The number of alkyl carbamates (subject to hydrolysis) is 1. The van der Waals surface area contributed by atoms with Gasteiger partial charge in [0.05, 0.1) is 6.61 Å². The van der Waals surface area contributed by atoms with Gasteiger partial charge >= 0.3 is 6.09 Å². The van der Waals surface area contributed by atoms with E-state index in [2.05, 4.69) is 5.32 Å². The van der Waals surface area contributed by atoms with Crippen molar-refractivity contribution in [3.63, 3.8) is 0 Å². The Kier molecular flexibility index (Phi) is 5.76. The normalized spacial score (nSPS) is 17.8. The monoisotopic (exact) mass is 219 g/mol. The predicted octanol–water partition coefficient (Wildman–Crippen LogP) is 2.67. The van der Waals surface area contributed by atoms with Gasteiger partial charge in [0.2, 0.25) is 0 Å². The molecule has 0 aliphatic heterocycles. The minimum atomic E-state index is -0.290. The van der Waals surface area contributed by atoms with E-state index in [1.165, 1.54) is 19.3 Å². The molecule has 0 saturated heterocycles. The lowest BCUT2D eigenvalue weighted by atomic mass is 9.96. The molecule has 0 spiro atoms. The Labute approximate surface area is 90.1 Å². The summed E-state index contributed by atoms with van der Waals surface area (Å²) in [5.74, 6) is 0.538. The Morgan fingerprint density at radius 1 is 1.36 bits per heavy atom. The van der Waals surface area contributed by atoms with Crippen LogP contribution in [0.1, 0.15) is 38.5 Å². The summed E-state index contributed by atoms with van der Waals surface area (Å²) in [6.07, 6.45) is 6.33. The third-order valence-corrected chi connectivity index (χ3v) is 2.71. The molecular weight excluding hydrogens is 202 g/mol. The molecule has 0 unspecified atom stereocenters. The highest BCUT2D eigenvalue weighted by Crippen LogP contribution is 2.17. The van der Waals surface area contributed by atoms with Crippen LogP contribution in [0.2, 0.25) is 0 Å². The Morgan fingerprint density at radius 3 is 2.71 bits per heavy atom. The lowest BCUT2D eigenvalue weighted by Gasteiger charge is -2.22. The van der Waals surface area contributed by atoms with E-state index in [4.69, 9.17) is 16.3 Å². The van der Waals surface area contributed by atoms with Gasteiger partial charge in [-0.05, 0) is 19.3 Å². The van der Waals surface area contributed by atoms with Crippen LogP contribution in [0.5, 0.6) is 0 Å². The second kappa shape index (κ2) is 6.93. The number of hydrogen-bond donors (Lipinski definition) is 1. The van der Waals surface area contributed by atoms with Gasteiger partial charge in [-0.15, -0.1) is 11.6 Å². The van der Waals surface area contributed by atoms with E-state index in [1.54, 1.807) is 0 Å². The minimum Gasteiger partial charge on any atom is -0.450 e. The first-order chi connectivity index (χ1) is 6.83. The number of nitrogens with one attached hydrogen (secondary N) is 1. The van der Waals surface area contributed by atoms with Crippen molar-refractivity contribution in [2.75, 3.05) is 12.5 Å². The molecule has 1 aliphatic rings. The zero-order valence-corrected chi connectivity index (χ0v) is 9.18. The summed E-state index contributed by atoms with van der Waals surface area (Å²) in [6.45, 7) is 0.419. The lowest BCUT2D eigenvalue weighted by Crippen LogP contribution is -2.36.